The third-order valence-corrected chi connectivity index (χ3v) is 3.41. The normalized spacial score (nSPS) is 13.9. The van der Waals surface area contributed by atoms with Gasteiger partial charge in [0, 0.05) is 17.6 Å². The zero-order valence-corrected chi connectivity index (χ0v) is 13.1. The minimum atomic E-state index is -0.122. The minimum absolute atomic E-state index is 0.0141. The summed E-state index contributed by atoms with van der Waals surface area (Å²) in [6.45, 7) is 10.0. The molecule has 0 bridgehead atoms. The van der Waals surface area contributed by atoms with E-state index in [1.165, 1.54) is 0 Å². The summed E-state index contributed by atoms with van der Waals surface area (Å²) in [5, 5.41) is 2.92. The summed E-state index contributed by atoms with van der Waals surface area (Å²) in [5.74, 6) is 0.980. The van der Waals surface area contributed by atoms with Crippen molar-refractivity contribution >= 4 is 5.91 Å². The van der Waals surface area contributed by atoms with E-state index >= 15 is 0 Å². The van der Waals surface area contributed by atoms with Crippen molar-refractivity contribution in [3.8, 4) is 5.75 Å². The van der Waals surface area contributed by atoms with Gasteiger partial charge in [0.05, 0.1) is 0 Å². The number of rotatable bonds is 6. The van der Waals surface area contributed by atoms with Crippen molar-refractivity contribution in [3.05, 3.63) is 29.3 Å². The summed E-state index contributed by atoms with van der Waals surface area (Å²) in [4.78, 5) is 11.8. The summed E-state index contributed by atoms with van der Waals surface area (Å²) in [6.07, 6.45) is 0. The van der Waals surface area contributed by atoms with Crippen LogP contribution in [0.5, 0.6) is 5.75 Å². The molecule has 1 rings (SSSR count). The first-order chi connectivity index (χ1) is 9.31. The van der Waals surface area contributed by atoms with Crippen LogP contribution in [0.2, 0.25) is 0 Å². The van der Waals surface area contributed by atoms with Crippen LogP contribution in [-0.4, -0.2) is 18.6 Å². The molecule has 1 amide bonds. The fourth-order valence-corrected chi connectivity index (χ4v) is 1.75. The minimum Gasteiger partial charge on any atom is -0.483 e. The van der Waals surface area contributed by atoms with Crippen LogP contribution in [0, 0.1) is 12.8 Å². The van der Waals surface area contributed by atoms with E-state index in [1.54, 1.807) is 0 Å². The van der Waals surface area contributed by atoms with Gasteiger partial charge in [-0.25, -0.2) is 0 Å². The maximum absolute atomic E-state index is 11.8. The highest BCUT2D eigenvalue weighted by Crippen LogP contribution is 2.25. The van der Waals surface area contributed by atoms with E-state index in [0.717, 1.165) is 11.1 Å². The van der Waals surface area contributed by atoms with Gasteiger partial charge in [0.15, 0.2) is 6.61 Å². The van der Waals surface area contributed by atoms with E-state index in [1.807, 2.05) is 39.0 Å². The molecule has 0 aliphatic heterocycles. The van der Waals surface area contributed by atoms with E-state index in [4.69, 9.17) is 10.5 Å². The van der Waals surface area contributed by atoms with Gasteiger partial charge in [0.25, 0.3) is 5.91 Å². The second-order valence-electron chi connectivity index (χ2n) is 5.72. The predicted octanol–water partition coefficient (Wildman–Crippen LogP) is 2.55. The zero-order valence-electron chi connectivity index (χ0n) is 13.1. The number of ether oxygens (including phenoxy) is 1. The molecule has 0 radical (unpaired) electrons. The zero-order chi connectivity index (χ0) is 15.3. The van der Waals surface area contributed by atoms with Crippen molar-refractivity contribution in [2.75, 3.05) is 6.61 Å². The molecule has 0 aromatic heterocycles. The molecule has 0 saturated carbocycles. The molecule has 1 unspecified atom stereocenters. The van der Waals surface area contributed by atoms with Gasteiger partial charge in [-0.05, 0) is 38.3 Å². The summed E-state index contributed by atoms with van der Waals surface area (Å²) >= 11 is 0. The summed E-state index contributed by atoms with van der Waals surface area (Å²) in [7, 11) is 0. The molecule has 0 heterocycles. The number of hydrogen-bond donors (Lipinski definition) is 2. The Kier molecular flexibility index (Phi) is 6.02. The average molecular weight is 278 g/mol. The number of amides is 1. The van der Waals surface area contributed by atoms with E-state index in [0.29, 0.717) is 11.7 Å². The lowest BCUT2D eigenvalue weighted by Gasteiger charge is -2.18. The summed E-state index contributed by atoms with van der Waals surface area (Å²) in [5.41, 5.74) is 7.91. The molecule has 0 spiro atoms. The number of benzene rings is 1. The second kappa shape index (κ2) is 7.29. The third kappa shape index (κ3) is 4.85. The van der Waals surface area contributed by atoms with Crippen LogP contribution in [-0.2, 0) is 4.79 Å². The highest BCUT2D eigenvalue weighted by Gasteiger charge is 2.13. The van der Waals surface area contributed by atoms with Gasteiger partial charge in [0.2, 0.25) is 0 Å². The highest BCUT2D eigenvalue weighted by molar-refractivity contribution is 5.77. The van der Waals surface area contributed by atoms with Gasteiger partial charge in [0.1, 0.15) is 5.75 Å². The molecule has 2 atom stereocenters. The first-order valence-corrected chi connectivity index (χ1v) is 7.09. The van der Waals surface area contributed by atoms with Crippen molar-refractivity contribution in [2.45, 2.75) is 46.7 Å². The SMILES string of the molecule is Cc1ccc([C@H](C)N)c(OCC(=O)NC(C)C(C)C)c1. The van der Waals surface area contributed by atoms with Gasteiger partial charge in [-0.2, -0.15) is 0 Å². The molecule has 0 fully saturated rings. The molecular formula is C16H26N2O2. The molecule has 4 nitrogen and oxygen atoms in total. The standard InChI is InChI=1S/C16H26N2O2/c1-10(2)13(5)18-16(19)9-20-15-8-11(3)6-7-14(15)12(4)17/h6-8,10,12-13H,9,17H2,1-5H3,(H,18,19)/t12-,13?/m0/s1. The quantitative estimate of drug-likeness (QED) is 0.840. The van der Waals surface area contributed by atoms with Crippen LogP contribution >= 0.6 is 0 Å². The average Bonchev–Trinajstić information content (AvgIpc) is 2.35. The smallest absolute Gasteiger partial charge is 0.258 e. The Morgan fingerprint density at radius 3 is 2.50 bits per heavy atom. The van der Waals surface area contributed by atoms with Crippen LogP contribution in [0.3, 0.4) is 0 Å². The highest BCUT2D eigenvalue weighted by atomic mass is 16.5. The van der Waals surface area contributed by atoms with Gasteiger partial charge >= 0.3 is 0 Å². The first-order valence-electron chi connectivity index (χ1n) is 7.09. The fourth-order valence-electron chi connectivity index (χ4n) is 1.75. The molecule has 0 aliphatic rings. The molecule has 1 aromatic rings. The Morgan fingerprint density at radius 2 is 1.95 bits per heavy atom. The van der Waals surface area contributed by atoms with E-state index in [9.17, 15) is 4.79 Å². The van der Waals surface area contributed by atoms with E-state index in [2.05, 4.69) is 19.2 Å². The Hall–Kier alpha value is -1.55. The lowest BCUT2D eigenvalue weighted by Crippen LogP contribution is -2.39. The van der Waals surface area contributed by atoms with Crippen molar-refractivity contribution < 1.29 is 9.53 Å². The molecule has 112 valence electrons. The molecule has 20 heavy (non-hydrogen) atoms. The number of nitrogens with one attached hydrogen (secondary N) is 1. The largest absolute Gasteiger partial charge is 0.483 e. The Labute approximate surface area is 121 Å². The van der Waals surface area contributed by atoms with Crippen LogP contribution in [0.15, 0.2) is 18.2 Å². The maximum Gasteiger partial charge on any atom is 0.258 e. The molecule has 1 aromatic carbocycles. The van der Waals surface area contributed by atoms with Crippen LogP contribution < -0.4 is 15.8 Å². The number of aryl methyl sites for hydroxylation is 1. The summed E-state index contributed by atoms with van der Waals surface area (Å²) < 4.78 is 5.63. The predicted molar refractivity (Wildman–Crippen MR) is 81.7 cm³/mol. The van der Waals surface area contributed by atoms with Gasteiger partial charge in [-0.1, -0.05) is 26.0 Å². The Morgan fingerprint density at radius 1 is 1.30 bits per heavy atom. The van der Waals surface area contributed by atoms with Crippen molar-refractivity contribution in [3.63, 3.8) is 0 Å². The molecule has 4 heteroatoms. The van der Waals surface area contributed by atoms with Gasteiger partial charge < -0.3 is 15.8 Å². The first kappa shape index (κ1) is 16.5. The second-order valence-corrected chi connectivity index (χ2v) is 5.72. The van der Waals surface area contributed by atoms with Crippen LogP contribution in [0.25, 0.3) is 0 Å². The number of carbonyl (C=O) groups excluding carboxylic acids is 1. The third-order valence-electron chi connectivity index (χ3n) is 3.41. The molecular weight excluding hydrogens is 252 g/mol. The Bertz CT molecular complexity index is 456. The van der Waals surface area contributed by atoms with Gasteiger partial charge in [-0.3, -0.25) is 4.79 Å². The van der Waals surface area contributed by atoms with Gasteiger partial charge in [-0.15, -0.1) is 0 Å². The van der Waals surface area contributed by atoms with E-state index < -0.39 is 0 Å². The van der Waals surface area contributed by atoms with Crippen molar-refractivity contribution in [1.29, 1.82) is 0 Å². The fraction of sp³-hybridized carbons (Fsp3) is 0.562. The number of nitrogens with two attached hydrogens (primary N) is 1. The van der Waals surface area contributed by atoms with Crippen molar-refractivity contribution in [1.82, 2.24) is 5.32 Å². The van der Waals surface area contributed by atoms with Crippen molar-refractivity contribution in [2.24, 2.45) is 11.7 Å². The molecule has 0 aliphatic carbocycles. The van der Waals surface area contributed by atoms with Crippen LogP contribution in [0.1, 0.15) is 44.9 Å². The monoisotopic (exact) mass is 278 g/mol. The maximum atomic E-state index is 11.8. The lowest BCUT2D eigenvalue weighted by molar-refractivity contribution is -0.124. The Balaban J connectivity index is 2.65. The lowest BCUT2D eigenvalue weighted by atomic mass is 10.1. The van der Waals surface area contributed by atoms with Crippen LogP contribution in [0.4, 0.5) is 0 Å². The summed E-state index contributed by atoms with van der Waals surface area (Å²) in [6, 6.07) is 5.87. The number of carbonyl (C=O) groups is 1. The number of hydrogen-bond acceptors (Lipinski definition) is 3. The molecule has 0 saturated heterocycles. The van der Waals surface area contributed by atoms with E-state index in [-0.39, 0.29) is 24.6 Å². The topological polar surface area (TPSA) is 64.3 Å². The molecule has 3 N–H and O–H groups in total.